The van der Waals surface area contributed by atoms with Gasteiger partial charge in [0.25, 0.3) is 0 Å². The van der Waals surface area contributed by atoms with Crippen LogP contribution in [-0.2, 0) is 16.2 Å². The van der Waals surface area contributed by atoms with Crippen molar-refractivity contribution in [3.63, 3.8) is 0 Å². The van der Waals surface area contributed by atoms with Gasteiger partial charge in [0.2, 0.25) is 0 Å². The van der Waals surface area contributed by atoms with Crippen molar-refractivity contribution in [2.24, 2.45) is 0 Å². The van der Waals surface area contributed by atoms with Gasteiger partial charge in [0.15, 0.2) is 0 Å². The monoisotopic (exact) mass is 698 g/mol. The molecule has 0 saturated carbocycles. The number of benzene rings is 9. The Bertz CT molecular complexity index is 2940. The van der Waals surface area contributed by atoms with Gasteiger partial charge in [-0.25, -0.2) is 0 Å². The van der Waals surface area contributed by atoms with Gasteiger partial charge in [-0.2, -0.15) is 0 Å². The average molecular weight is 699 g/mol. The SMILES string of the molecule is CC(C)(C)c1ccc2cc3c4cc(C(C)(C)C)ccc4c4cc5c(-c6ccccc6)c6cc(C(C)(C)C)ccc6c(-c6ccccc6)c5cc4c3cc2c1. The molecule has 0 aliphatic rings. The second kappa shape index (κ2) is 12.0. The Kier molecular flexibility index (Phi) is 7.64. The molecule has 9 rings (SSSR count). The summed E-state index contributed by atoms with van der Waals surface area (Å²) in [5.74, 6) is 0. The van der Waals surface area contributed by atoms with Crippen molar-refractivity contribution in [3.05, 3.63) is 156 Å². The Balaban J connectivity index is 1.54. The second-order valence-corrected chi connectivity index (χ2v) is 18.7. The Labute approximate surface area is 320 Å². The molecule has 0 atom stereocenters. The van der Waals surface area contributed by atoms with Crippen LogP contribution in [0.1, 0.15) is 79.0 Å². The summed E-state index contributed by atoms with van der Waals surface area (Å²) in [6, 6.07) is 53.6. The quantitative estimate of drug-likeness (QED) is 0.125. The van der Waals surface area contributed by atoms with Gasteiger partial charge in [-0.15, -0.1) is 0 Å². The van der Waals surface area contributed by atoms with Gasteiger partial charge in [-0.1, -0.05) is 165 Å². The summed E-state index contributed by atoms with van der Waals surface area (Å²) in [5.41, 5.74) is 9.29. The molecule has 0 heterocycles. The molecule has 0 amide bonds. The fourth-order valence-electron chi connectivity index (χ4n) is 8.69. The molecule has 0 N–H and O–H groups in total. The van der Waals surface area contributed by atoms with Gasteiger partial charge in [-0.05, 0) is 156 Å². The summed E-state index contributed by atoms with van der Waals surface area (Å²) < 4.78 is 0. The third kappa shape index (κ3) is 5.58. The maximum atomic E-state index is 2.54. The number of hydrogen-bond acceptors (Lipinski definition) is 0. The molecule has 0 nitrogen and oxygen atoms in total. The smallest absolute Gasteiger partial charge is 0.00260 e. The summed E-state index contributed by atoms with van der Waals surface area (Å²) >= 11 is 0. The molecule has 0 aliphatic heterocycles. The molecule has 9 aromatic rings. The summed E-state index contributed by atoms with van der Waals surface area (Å²) in [7, 11) is 0. The van der Waals surface area contributed by atoms with Crippen LogP contribution in [0.15, 0.2) is 140 Å². The Morgan fingerprint density at radius 2 is 0.630 bits per heavy atom. The number of hydrogen-bond donors (Lipinski definition) is 0. The highest BCUT2D eigenvalue weighted by molar-refractivity contribution is 6.32. The van der Waals surface area contributed by atoms with Crippen molar-refractivity contribution < 1.29 is 0 Å². The molecule has 0 aliphatic carbocycles. The van der Waals surface area contributed by atoms with E-state index in [4.69, 9.17) is 0 Å². The largest absolute Gasteiger partial charge is 0.0622 e. The van der Waals surface area contributed by atoms with Crippen LogP contribution in [0.25, 0.3) is 86.9 Å². The van der Waals surface area contributed by atoms with Crippen LogP contribution in [-0.4, -0.2) is 0 Å². The third-order valence-electron chi connectivity index (χ3n) is 11.8. The topological polar surface area (TPSA) is 0 Å². The number of fused-ring (bicyclic) bond motifs is 9. The molecule has 0 spiro atoms. The lowest BCUT2D eigenvalue weighted by Crippen LogP contribution is -2.10. The molecule has 54 heavy (non-hydrogen) atoms. The summed E-state index contributed by atoms with van der Waals surface area (Å²) in [6.45, 7) is 20.8. The molecular formula is C54H50. The minimum Gasteiger partial charge on any atom is -0.0622 e. The fourth-order valence-corrected chi connectivity index (χ4v) is 8.69. The molecular weight excluding hydrogens is 649 g/mol. The highest BCUT2D eigenvalue weighted by atomic mass is 14.3. The lowest BCUT2D eigenvalue weighted by molar-refractivity contribution is 0.591. The zero-order chi connectivity index (χ0) is 37.7. The van der Waals surface area contributed by atoms with Gasteiger partial charge < -0.3 is 0 Å². The summed E-state index contributed by atoms with van der Waals surface area (Å²) in [5, 5.41) is 15.6. The molecule has 0 saturated heterocycles. The average Bonchev–Trinajstić information content (AvgIpc) is 3.14. The Hall–Kier alpha value is -5.46. The van der Waals surface area contributed by atoms with Crippen LogP contribution in [0.4, 0.5) is 0 Å². The third-order valence-corrected chi connectivity index (χ3v) is 11.8. The van der Waals surface area contributed by atoms with E-state index in [1.54, 1.807) is 0 Å². The van der Waals surface area contributed by atoms with Crippen LogP contribution in [0, 0.1) is 0 Å². The Morgan fingerprint density at radius 1 is 0.259 bits per heavy atom. The normalized spacial score (nSPS) is 12.9. The van der Waals surface area contributed by atoms with Crippen LogP contribution >= 0.6 is 0 Å². The molecule has 0 fully saturated rings. The first-order valence-corrected chi connectivity index (χ1v) is 19.6. The predicted octanol–water partition coefficient (Wildman–Crippen LogP) is 15.8. The first-order chi connectivity index (χ1) is 25.7. The number of rotatable bonds is 2. The van der Waals surface area contributed by atoms with Gasteiger partial charge in [0.05, 0.1) is 0 Å². The van der Waals surface area contributed by atoms with Crippen molar-refractivity contribution >= 4 is 64.6 Å². The molecule has 0 bridgehead atoms. The van der Waals surface area contributed by atoms with Crippen molar-refractivity contribution in [2.75, 3.05) is 0 Å². The van der Waals surface area contributed by atoms with E-state index < -0.39 is 0 Å². The van der Waals surface area contributed by atoms with E-state index in [9.17, 15) is 0 Å². The molecule has 9 aromatic carbocycles. The molecule has 266 valence electrons. The summed E-state index contributed by atoms with van der Waals surface area (Å²) in [6.07, 6.45) is 0. The highest BCUT2D eigenvalue weighted by Gasteiger charge is 2.23. The van der Waals surface area contributed by atoms with E-state index >= 15 is 0 Å². The van der Waals surface area contributed by atoms with Crippen LogP contribution in [0.3, 0.4) is 0 Å². The van der Waals surface area contributed by atoms with E-state index in [-0.39, 0.29) is 16.2 Å². The van der Waals surface area contributed by atoms with Gasteiger partial charge in [-0.3, -0.25) is 0 Å². The summed E-state index contributed by atoms with van der Waals surface area (Å²) in [4.78, 5) is 0. The van der Waals surface area contributed by atoms with E-state index in [2.05, 4.69) is 202 Å². The zero-order valence-electron chi connectivity index (χ0n) is 33.3. The van der Waals surface area contributed by atoms with E-state index in [0.717, 1.165) is 0 Å². The van der Waals surface area contributed by atoms with E-state index in [0.29, 0.717) is 0 Å². The minimum atomic E-state index is 0.0168. The standard InChI is InChI=1S/C54H50/c1-52(2,3)37-21-20-35-27-42-43(28-36(35)26-37)46-32-48-49(31-45(46)40-24-22-38(29-44(40)42)53(4,5)6)51(34-18-14-11-15-19-34)47-30-39(54(7,8)9)23-25-41(47)50(48)33-16-12-10-13-17-33/h10-32H,1-9H3. The van der Waals surface area contributed by atoms with Crippen molar-refractivity contribution in [1.29, 1.82) is 0 Å². The Morgan fingerprint density at radius 3 is 1.17 bits per heavy atom. The zero-order valence-corrected chi connectivity index (χ0v) is 33.3. The van der Waals surface area contributed by atoms with Gasteiger partial charge in [0, 0.05) is 0 Å². The molecule has 0 unspecified atom stereocenters. The second-order valence-electron chi connectivity index (χ2n) is 18.7. The van der Waals surface area contributed by atoms with Crippen molar-refractivity contribution in [2.45, 2.75) is 78.6 Å². The van der Waals surface area contributed by atoms with Gasteiger partial charge in [0.1, 0.15) is 0 Å². The van der Waals surface area contributed by atoms with Crippen LogP contribution < -0.4 is 0 Å². The fraction of sp³-hybridized carbons (Fsp3) is 0.222. The first-order valence-electron chi connectivity index (χ1n) is 19.6. The predicted molar refractivity (Wildman–Crippen MR) is 238 cm³/mol. The van der Waals surface area contributed by atoms with Crippen molar-refractivity contribution in [3.8, 4) is 22.3 Å². The highest BCUT2D eigenvalue weighted by Crippen LogP contribution is 2.48. The van der Waals surface area contributed by atoms with Crippen LogP contribution in [0.2, 0.25) is 0 Å². The lowest BCUT2D eigenvalue weighted by atomic mass is 9.80. The van der Waals surface area contributed by atoms with Gasteiger partial charge >= 0.3 is 0 Å². The minimum absolute atomic E-state index is 0.0168. The van der Waals surface area contributed by atoms with Crippen LogP contribution in [0.5, 0.6) is 0 Å². The molecule has 0 heteroatoms. The van der Waals surface area contributed by atoms with E-state index in [1.165, 1.54) is 104 Å². The lowest BCUT2D eigenvalue weighted by Gasteiger charge is -2.24. The maximum Gasteiger partial charge on any atom is -0.00260 e. The van der Waals surface area contributed by atoms with Crippen molar-refractivity contribution in [1.82, 2.24) is 0 Å². The maximum absolute atomic E-state index is 2.54. The van der Waals surface area contributed by atoms with E-state index in [1.807, 2.05) is 0 Å². The molecule has 0 radical (unpaired) electrons. The molecule has 0 aromatic heterocycles. The first kappa shape index (κ1) is 34.3.